The summed E-state index contributed by atoms with van der Waals surface area (Å²) in [6.07, 6.45) is 0. The lowest BCUT2D eigenvalue weighted by molar-refractivity contribution is -0.147. The number of carbonyl (C=O) groups is 1. The number of aliphatic hydroxyl groups is 1. The molecule has 0 unspecified atom stereocenters. The Kier molecular flexibility index (Phi) is 6.98. The summed E-state index contributed by atoms with van der Waals surface area (Å²) in [6.45, 7) is -0.187. The number of hydrogen-bond acceptors (Lipinski definition) is 3. The summed E-state index contributed by atoms with van der Waals surface area (Å²) in [5.74, 6) is -1.07. The quantitative estimate of drug-likeness (QED) is 0.365. The zero-order valence-corrected chi connectivity index (χ0v) is 18.3. The van der Waals surface area contributed by atoms with E-state index in [4.69, 9.17) is 0 Å². The predicted octanol–water partition coefficient (Wildman–Crippen LogP) is 4.93. The van der Waals surface area contributed by atoms with Gasteiger partial charge in [0.25, 0.3) is 0 Å². The van der Waals surface area contributed by atoms with Crippen LogP contribution in [0, 0.1) is 0 Å². The summed E-state index contributed by atoms with van der Waals surface area (Å²) >= 11 is 0. The van der Waals surface area contributed by atoms with E-state index in [1.807, 2.05) is 126 Å². The second-order valence-electron chi connectivity index (χ2n) is 7.96. The van der Waals surface area contributed by atoms with E-state index in [0.717, 1.165) is 22.3 Å². The SMILES string of the molecule is O=C(O)[C@H](CO)N(Cc1ccccc1)C(c1ccccc1)(c1ccccc1)c1ccccc1. The molecule has 2 N–H and O–H groups in total. The molecule has 4 nitrogen and oxygen atoms in total. The Morgan fingerprint density at radius 1 is 0.667 bits per heavy atom. The highest BCUT2D eigenvalue weighted by molar-refractivity contribution is 5.74. The lowest BCUT2D eigenvalue weighted by Crippen LogP contribution is -2.56. The van der Waals surface area contributed by atoms with Crippen molar-refractivity contribution in [1.82, 2.24) is 4.90 Å². The molecule has 33 heavy (non-hydrogen) atoms. The number of aliphatic hydroxyl groups excluding tert-OH is 1. The van der Waals surface area contributed by atoms with Gasteiger partial charge in [-0.3, -0.25) is 9.69 Å². The third kappa shape index (κ3) is 4.44. The molecule has 0 aromatic heterocycles. The maximum absolute atomic E-state index is 12.5. The third-order valence-electron chi connectivity index (χ3n) is 6.04. The maximum Gasteiger partial charge on any atom is 0.323 e. The number of benzene rings is 4. The van der Waals surface area contributed by atoms with E-state index in [1.54, 1.807) is 0 Å². The first-order valence-corrected chi connectivity index (χ1v) is 11.0. The molecular formula is C29H27NO3. The van der Waals surface area contributed by atoms with Crippen LogP contribution in [0.2, 0.25) is 0 Å². The van der Waals surface area contributed by atoms with Gasteiger partial charge in [0.1, 0.15) is 6.04 Å². The monoisotopic (exact) mass is 437 g/mol. The van der Waals surface area contributed by atoms with Crippen molar-refractivity contribution in [1.29, 1.82) is 0 Å². The maximum atomic E-state index is 12.5. The summed E-state index contributed by atoms with van der Waals surface area (Å²) in [5.41, 5.74) is 2.80. The molecule has 0 amide bonds. The van der Waals surface area contributed by atoms with Crippen LogP contribution in [0.5, 0.6) is 0 Å². The molecule has 166 valence electrons. The van der Waals surface area contributed by atoms with Crippen LogP contribution in [0.15, 0.2) is 121 Å². The van der Waals surface area contributed by atoms with Gasteiger partial charge in [-0.05, 0) is 22.3 Å². The van der Waals surface area contributed by atoms with Gasteiger partial charge in [-0.15, -0.1) is 0 Å². The Balaban J connectivity index is 2.08. The molecule has 0 aliphatic rings. The van der Waals surface area contributed by atoms with Gasteiger partial charge in [-0.25, -0.2) is 0 Å². The molecule has 0 aliphatic carbocycles. The minimum Gasteiger partial charge on any atom is -0.480 e. The normalized spacial score (nSPS) is 12.4. The average molecular weight is 438 g/mol. The summed E-state index contributed by atoms with van der Waals surface area (Å²) in [6, 6.07) is 38.4. The van der Waals surface area contributed by atoms with Crippen LogP contribution in [0.4, 0.5) is 0 Å². The van der Waals surface area contributed by atoms with Crippen LogP contribution in [-0.2, 0) is 16.9 Å². The van der Waals surface area contributed by atoms with Crippen molar-refractivity contribution in [3.05, 3.63) is 144 Å². The van der Waals surface area contributed by atoms with Gasteiger partial charge >= 0.3 is 5.97 Å². The Bertz CT molecular complexity index is 1050. The second-order valence-corrected chi connectivity index (χ2v) is 7.96. The van der Waals surface area contributed by atoms with Crippen molar-refractivity contribution in [2.75, 3.05) is 6.61 Å². The van der Waals surface area contributed by atoms with Crippen LogP contribution in [0.25, 0.3) is 0 Å². The summed E-state index contributed by atoms with van der Waals surface area (Å²) in [5, 5.41) is 20.6. The second kappa shape index (κ2) is 10.3. The standard InChI is InChI=1S/C29H27NO3/c31-22-27(28(32)33)30(21-23-13-5-1-6-14-23)29(24-15-7-2-8-16-24,25-17-9-3-10-18-25)26-19-11-4-12-20-26/h1-20,27,31H,21-22H2,(H,32,33)/t27-/m0/s1. The summed E-state index contributed by atoms with van der Waals surface area (Å²) < 4.78 is 0. The van der Waals surface area contributed by atoms with Crippen molar-refractivity contribution in [3.8, 4) is 0 Å². The summed E-state index contributed by atoms with van der Waals surface area (Å²) in [7, 11) is 0. The van der Waals surface area contributed by atoms with E-state index < -0.39 is 24.2 Å². The number of carboxylic acid groups (broad SMARTS) is 1. The van der Waals surface area contributed by atoms with Crippen LogP contribution >= 0.6 is 0 Å². The van der Waals surface area contributed by atoms with Crippen molar-refractivity contribution >= 4 is 5.97 Å². The van der Waals surface area contributed by atoms with E-state index >= 15 is 0 Å². The molecule has 4 aromatic rings. The molecule has 0 saturated heterocycles. The molecule has 0 aliphatic heterocycles. The number of hydrogen-bond donors (Lipinski definition) is 2. The first-order chi connectivity index (χ1) is 16.2. The molecule has 1 atom stereocenters. The molecule has 0 heterocycles. The fourth-order valence-electron chi connectivity index (χ4n) is 4.59. The van der Waals surface area contributed by atoms with E-state index in [1.165, 1.54) is 0 Å². The van der Waals surface area contributed by atoms with E-state index in [2.05, 4.69) is 0 Å². The van der Waals surface area contributed by atoms with Gasteiger partial charge in [-0.2, -0.15) is 0 Å². The molecule has 4 aromatic carbocycles. The fourth-order valence-corrected chi connectivity index (χ4v) is 4.59. The number of nitrogens with zero attached hydrogens (tertiary/aromatic N) is 1. The van der Waals surface area contributed by atoms with Crippen LogP contribution in [-0.4, -0.2) is 33.7 Å². The zero-order chi connectivity index (χ0) is 23.1. The highest BCUT2D eigenvalue weighted by atomic mass is 16.4. The zero-order valence-electron chi connectivity index (χ0n) is 18.3. The Hall–Kier alpha value is -3.73. The molecule has 0 bridgehead atoms. The lowest BCUT2D eigenvalue weighted by atomic mass is 9.74. The van der Waals surface area contributed by atoms with Crippen molar-refractivity contribution in [2.45, 2.75) is 18.1 Å². The minimum atomic E-state index is -1.13. The van der Waals surface area contributed by atoms with Crippen LogP contribution in [0.1, 0.15) is 22.3 Å². The minimum absolute atomic E-state index is 0.330. The largest absolute Gasteiger partial charge is 0.480 e. The summed E-state index contributed by atoms with van der Waals surface area (Å²) in [4.78, 5) is 14.4. The molecule has 0 saturated carbocycles. The molecule has 0 spiro atoms. The van der Waals surface area contributed by atoms with Gasteiger partial charge in [0.2, 0.25) is 0 Å². The molecule has 0 fully saturated rings. The first kappa shape index (κ1) is 22.5. The Morgan fingerprint density at radius 3 is 1.36 bits per heavy atom. The fraction of sp³-hybridized carbons (Fsp3) is 0.138. The number of aliphatic carboxylic acids is 1. The van der Waals surface area contributed by atoms with Gasteiger partial charge in [0, 0.05) is 6.54 Å². The van der Waals surface area contributed by atoms with Crippen LogP contribution < -0.4 is 0 Å². The smallest absolute Gasteiger partial charge is 0.323 e. The van der Waals surface area contributed by atoms with Crippen molar-refractivity contribution in [3.63, 3.8) is 0 Å². The average Bonchev–Trinajstić information content (AvgIpc) is 2.87. The first-order valence-electron chi connectivity index (χ1n) is 11.0. The van der Waals surface area contributed by atoms with E-state index in [9.17, 15) is 15.0 Å². The third-order valence-corrected chi connectivity index (χ3v) is 6.04. The highest BCUT2D eigenvalue weighted by Gasteiger charge is 2.46. The van der Waals surface area contributed by atoms with Gasteiger partial charge < -0.3 is 10.2 Å². The van der Waals surface area contributed by atoms with Crippen molar-refractivity contribution < 1.29 is 15.0 Å². The number of carboxylic acids is 1. The molecular weight excluding hydrogens is 410 g/mol. The molecule has 4 heteroatoms. The van der Waals surface area contributed by atoms with Gasteiger partial charge in [0.15, 0.2) is 0 Å². The predicted molar refractivity (Wildman–Crippen MR) is 130 cm³/mol. The van der Waals surface area contributed by atoms with E-state index in [0.29, 0.717) is 6.54 Å². The van der Waals surface area contributed by atoms with E-state index in [-0.39, 0.29) is 0 Å². The van der Waals surface area contributed by atoms with Crippen LogP contribution in [0.3, 0.4) is 0 Å². The topological polar surface area (TPSA) is 60.8 Å². The molecule has 4 rings (SSSR count). The van der Waals surface area contributed by atoms with Gasteiger partial charge in [-0.1, -0.05) is 121 Å². The van der Waals surface area contributed by atoms with Crippen molar-refractivity contribution in [2.24, 2.45) is 0 Å². The highest BCUT2D eigenvalue weighted by Crippen LogP contribution is 2.44. The number of rotatable bonds is 9. The van der Waals surface area contributed by atoms with Gasteiger partial charge in [0.05, 0.1) is 12.1 Å². The molecule has 0 radical (unpaired) electrons. The Labute approximate surface area is 194 Å². The Morgan fingerprint density at radius 2 is 1.03 bits per heavy atom. The lowest BCUT2D eigenvalue weighted by Gasteiger charge is -2.48.